The molecule has 0 aliphatic heterocycles. The maximum Gasteiger partial charge on any atom is 0.261 e. The third-order valence-electron chi connectivity index (χ3n) is 3.05. The first-order valence-electron chi connectivity index (χ1n) is 6.98. The van der Waals surface area contributed by atoms with Gasteiger partial charge in [-0.15, -0.1) is 0 Å². The minimum absolute atomic E-state index is 0.0560. The molecule has 0 heterocycles. The lowest BCUT2D eigenvalue weighted by atomic mass is 10.0. The minimum atomic E-state index is -2.45. The van der Waals surface area contributed by atoms with E-state index in [1.807, 2.05) is 6.92 Å². The summed E-state index contributed by atoms with van der Waals surface area (Å²) in [5.41, 5.74) is 0.827. The predicted molar refractivity (Wildman–Crippen MR) is 75.6 cm³/mol. The van der Waals surface area contributed by atoms with E-state index in [4.69, 9.17) is 9.47 Å². The van der Waals surface area contributed by atoms with E-state index in [0.717, 1.165) is 12.1 Å². The van der Waals surface area contributed by atoms with Crippen molar-refractivity contribution in [3.63, 3.8) is 0 Å². The van der Waals surface area contributed by atoms with E-state index in [1.165, 1.54) is 13.2 Å². The van der Waals surface area contributed by atoms with Crippen molar-refractivity contribution in [1.82, 2.24) is 5.32 Å². The molecule has 0 bridgehead atoms. The van der Waals surface area contributed by atoms with Gasteiger partial charge in [0.15, 0.2) is 11.6 Å². The molecule has 0 aromatic heterocycles. The van der Waals surface area contributed by atoms with Crippen LogP contribution in [-0.4, -0.2) is 39.3 Å². The lowest BCUT2D eigenvalue weighted by Crippen LogP contribution is -2.32. The average Bonchev–Trinajstić information content (AvgIpc) is 2.43. The van der Waals surface area contributed by atoms with Crippen molar-refractivity contribution in [2.75, 3.05) is 26.9 Å². The van der Waals surface area contributed by atoms with Gasteiger partial charge in [0.05, 0.1) is 7.11 Å². The number of benzene rings is 1. The fourth-order valence-electron chi connectivity index (χ4n) is 2.08. The van der Waals surface area contributed by atoms with E-state index < -0.39 is 18.8 Å². The molecule has 0 fully saturated rings. The summed E-state index contributed by atoms with van der Waals surface area (Å²) in [6.07, 6.45) is -1.25. The van der Waals surface area contributed by atoms with Gasteiger partial charge < -0.3 is 14.8 Å². The first-order valence-corrected chi connectivity index (χ1v) is 6.98. The smallest absolute Gasteiger partial charge is 0.261 e. The van der Waals surface area contributed by atoms with Crippen molar-refractivity contribution in [2.45, 2.75) is 32.2 Å². The lowest BCUT2D eigenvalue weighted by Gasteiger charge is -2.18. The Labute approximate surface area is 123 Å². The summed E-state index contributed by atoms with van der Waals surface area (Å²) in [4.78, 5) is 0. The Hall–Kier alpha value is -1.27. The normalized spacial score (nSPS) is 12.7. The Morgan fingerprint density at radius 1 is 1.29 bits per heavy atom. The van der Waals surface area contributed by atoms with Gasteiger partial charge >= 0.3 is 0 Å². The van der Waals surface area contributed by atoms with Crippen LogP contribution in [0.25, 0.3) is 0 Å². The van der Waals surface area contributed by atoms with Crippen LogP contribution < -0.4 is 10.1 Å². The largest absolute Gasteiger partial charge is 0.494 e. The van der Waals surface area contributed by atoms with Gasteiger partial charge in [0.1, 0.15) is 6.61 Å². The third kappa shape index (κ3) is 6.82. The van der Waals surface area contributed by atoms with E-state index in [0.29, 0.717) is 12.8 Å². The predicted octanol–water partition coefficient (Wildman–Crippen LogP) is 3.03. The second-order valence-corrected chi connectivity index (χ2v) is 4.68. The topological polar surface area (TPSA) is 30.5 Å². The van der Waals surface area contributed by atoms with E-state index in [-0.39, 0.29) is 18.4 Å². The molecule has 0 saturated carbocycles. The number of hydrogen-bond acceptors (Lipinski definition) is 3. The molecule has 1 unspecified atom stereocenters. The van der Waals surface area contributed by atoms with Crippen LogP contribution in [0.3, 0.4) is 0 Å². The molecular weight excluding hydrogens is 283 g/mol. The molecule has 1 rings (SSSR count). The Morgan fingerprint density at radius 2 is 2.05 bits per heavy atom. The molecule has 1 aromatic carbocycles. The third-order valence-corrected chi connectivity index (χ3v) is 3.05. The molecular formula is C15H22F3NO2. The summed E-state index contributed by atoms with van der Waals surface area (Å²) >= 11 is 0. The highest BCUT2D eigenvalue weighted by Gasteiger charge is 2.11. The van der Waals surface area contributed by atoms with Crippen LogP contribution in [0.2, 0.25) is 0 Å². The number of halogens is 3. The zero-order valence-electron chi connectivity index (χ0n) is 12.4. The van der Waals surface area contributed by atoms with Gasteiger partial charge in [0, 0.05) is 12.6 Å². The van der Waals surface area contributed by atoms with Crippen LogP contribution in [0.5, 0.6) is 5.75 Å². The number of hydrogen-bond donors (Lipinski definition) is 1. The number of ether oxygens (including phenoxy) is 2. The van der Waals surface area contributed by atoms with Crippen LogP contribution in [0, 0.1) is 5.82 Å². The summed E-state index contributed by atoms with van der Waals surface area (Å²) in [6, 6.07) is 4.87. The molecule has 0 aliphatic rings. The van der Waals surface area contributed by atoms with Gasteiger partial charge in [-0.2, -0.15) is 0 Å². The van der Waals surface area contributed by atoms with Crippen molar-refractivity contribution in [2.24, 2.45) is 0 Å². The first-order chi connectivity index (χ1) is 10.1. The van der Waals surface area contributed by atoms with Crippen LogP contribution in [0.1, 0.15) is 18.9 Å². The summed E-state index contributed by atoms with van der Waals surface area (Å²) in [7, 11) is 1.42. The Morgan fingerprint density at radius 3 is 2.62 bits per heavy atom. The summed E-state index contributed by atoms with van der Waals surface area (Å²) in [6.45, 7) is 2.41. The highest BCUT2D eigenvalue weighted by molar-refractivity contribution is 5.29. The van der Waals surface area contributed by atoms with Gasteiger partial charge in [-0.3, -0.25) is 0 Å². The zero-order chi connectivity index (χ0) is 15.7. The zero-order valence-corrected chi connectivity index (χ0v) is 12.4. The van der Waals surface area contributed by atoms with Gasteiger partial charge in [-0.1, -0.05) is 13.0 Å². The van der Waals surface area contributed by atoms with Crippen molar-refractivity contribution < 1.29 is 22.6 Å². The second kappa shape index (κ2) is 9.63. The van der Waals surface area contributed by atoms with Crippen LogP contribution >= 0.6 is 0 Å². The van der Waals surface area contributed by atoms with Gasteiger partial charge in [0.25, 0.3) is 6.43 Å². The maximum atomic E-state index is 13.6. The number of methoxy groups -OCH3 is 1. The molecule has 0 spiro atoms. The van der Waals surface area contributed by atoms with Crippen LogP contribution in [0.15, 0.2) is 18.2 Å². The van der Waals surface area contributed by atoms with E-state index >= 15 is 0 Å². The second-order valence-electron chi connectivity index (χ2n) is 4.68. The first kappa shape index (κ1) is 17.8. The molecule has 1 N–H and O–H groups in total. The highest BCUT2D eigenvalue weighted by Crippen LogP contribution is 2.19. The molecule has 6 heteroatoms. The van der Waals surface area contributed by atoms with Crippen molar-refractivity contribution in [3.05, 3.63) is 29.6 Å². The molecule has 0 radical (unpaired) electrons. The summed E-state index contributed by atoms with van der Waals surface area (Å²) < 4.78 is 47.3. The van der Waals surface area contributed by atoms with Gasteiger partial charge in [-0.05, 0) is 37.1 Å². The van der Waals surface area contributed by atoms with E-state index in [9.17, 15) is 13.2 Å². The Balaban J connectivity index is 2.51. The van der Waals surface area contributed by atoms with Crippen LogP contribution in [0.4, 0.5) is 13.2 Å². The number of likely N-dealkylation sites (N-methyl/N-ethyl adjacent to an activating group) is 1. The Kier molecular flexibility index (Phi) is 8.15. The number of nitrogens with one attached hydrogen (secondary N) is 1. The minimum Gasteiger partial charge on any atom is -0.494 e. The fraction of sp³-hybridized carbons (Fsp3) is 0.600. The Bertz CT molecular complexity index is 416. The molecule has 1 atom stereocenters. The molecule has 0 aliphatic carbocycles. The van der Waals surface area contributed by atoms with E-state index in [1.54, 1.807) is 12.1 Å². The van der Waals surface area contributed by atoms with E-state index in [2.05, 4.69) is 5.32 Å². The van der Waals surface area contributed by atoms with Crippen LogP contribution in [-0.2, 0) is 11.2 Å². The molecule has 0 saturated heterocycles. The standard InChI is InChI=1S/C15H22F3NO2/c1-3-19-12(6-7-21-10-15(17)18)8-11-4-5-14(20-2)13(16)9-11/h4-5,9,12,15,19H,3,6-8,10H2,1-2H3. The summed E-state index contributed by atoms with van der Waals surface area (Å²) in [5.74, 6) is -0.196. The molecule has 120 valence electrons. The molecule has 3 nitrogen and oxygen atoms in total. The molecule has 0 amide bonds. The quantitative estimate of drug-likeness (QED) is 0.674. The monoisotopic (exact) mass is 305 g/mol. The fourth-order valence-corrected chi connectivity index (χ4v) is 2.08. The average molecular weight is 305 g/mol. The molecule has 21 heavy (non-hydrogen) atoms. The maximum absolute atomic E-state index is 13.6. The number of alkyl halides is 2. The highest BCUT2D eigenvalue weighted by atomic mass is 19.3. The van der Waals surface area contributed by atoms with Crippen molar-refractivity contribution in [3.8, 4) is 5.75 Å². The lowest BCUT2D eigenvalue weighted by molar-refractivity contribution is 0.0144. The summed E-state index contributed by atoms with van der Waals surface area (Å²) in [5, 5.41) is 3.25. The number of rotatable bonds is 10. The van der Waals surface area contributed by atoms with Gasteiger partial charge in [-0.25, -0.2) is 13.2 Å². The SMILES string of the molecule is CCNC(CCOCC(F)F)Cc1ccc(OC)c(F)c1. The molecule has 1 aromatic rings. The van der Waals surface area contributed by atoms with Gasteiger partial charge in [0.2, 0.25) is 0 Å². The van der Waals surface area contributed by atoms with Crippen molar-refractivity contribution in [1.29, 1.82) is 0 Å². The van der Waals surface area contributed by atoms with Crippen molar-refractivity contribution >= 4 is 0 Å².